The van der Waals surface area contributed by atoms with Gasteiger partial charge in [0.1, 0.15) is 6.54 Å². The van der Waals surface area contributed by atoms with Gasteiger partial charge < -0.3 is 5.32 Å². The van der Waals surface area contributed by atoms with Gasteiger partial charge in [-0.25, -0.2) is 4.99 Å². The molecule has 1 aromatic carbocycles. The summed E-state index contributed by atoms with van der Waals surface area (Å²) in [5.41, 5.74) is 2.24. The van der Waals surface area contributed by atoms with E-state index < -0.39 is 0 Å². The number of hydrogen-bond donors (Lipinski definition) is 1. The van der Waals surface area contributed by atoms with Gasteiger partial charge in [-0.15, -0.1) is 23.7 Å². The fourth-order valence-electron chi connectivity index (χ4n) is 2.33. The molecular formula is C16H18ClN3OS. The second kappa shape index (κ2) is 7.42. The lowest BCUT2D eigenvalue weighted by atomic mass is 10.1. The lowest BCUT2D eigenvalue weighted by molar-refractivity contribution is -0.125. The van der Waals surface area contributed by atoms with Crippen LogP contribution in [0, 0.1) is 0 Å². The van der Waals surface area contributed by atoms with Crippen molar-refractivity contribution >= 4 is 41.3 Å². The van der Waals surface area contributed by atoms with E-state index in [-0.39, 0.29) is 24.9 Å². The Bertz CT molecular complexity index is 670. The molecule has 0 fully saturated rings. The molecule has 0 bridgehead atoms. The van der Waals surface area contributed by atoms with Crippen LogP contribution in [0.1, 0.15) is 17.4 Å². The van der Waals surface area contributed by atoms with Gasteiger partial charge in [-0.3, -0.25) is 9.69 Å². The van der Waals surface area contributed by atoms with Gasteiger partial charge >= 0.3 is 0 Å². The molecule has 1 aliphatic rings. The van der Waals surface area contributed by atoms with Gasteiger partial charge in [0.15, 0.2) is 0 Å². The van der Waals surface area contributed by atoms with Crippen LogP contribution < -0.4 is 5.32 Å². The number of nitrogens with zero attached hydrogens (tertiary/aromatic N) is 2. The Morgan fingerprint density at radius 2 is 2.09 bits per heavy atom. The Labute approximate surface area is 140 Å². The van der Waals surface area contributed by atoms with E-state index in [1.165, 1.54) is 5.56 Å². The minimum Gasteiger partial charge on any atom is -0.326 e. The zero-order valence-electron chi connectivity index (χ0n) is 12.3. The third-order valence-corrected chi connectivity index (χ3v) is 4.32. The number of halogens is 1. The topological polar surface area (TPSA) is 44.7 Å². The highest BCUT2D eigenvalue weighted by Crippen LogP contribution is 2.19. The summed E-state index contributed by atoms with van der Waals surface area (Å²) in [4.78, 5) is 19.2. The molecular weight excluding hydrogens is 318 g/mol. The van der Waals surface area contributed by atoms with Gasteiger partial charge in [0.05, 0.1) is 6.54 Å². The van der Waals surface area contributed by atoms with E-state index in [0.29, 0.717) is 12.5 Å². The van der Waals surface area contributed by atoms with Crippen molar-refractivity contribution in [2.45, 2.75) is 19.9 Å². The number of benzene rings is 1. The first kappa shape index (κ1) is 16.5. The smallest absolute Gasteiger partial charge is 0.251 e. The van der Waals surface area contributed by atoms with Gasteiger partial charge in [0, 0.05) is 10.6 Å². The van der Waals surface area contributed by atoms with E-state index in [9.17, 15) is 4.79 Å². The Morgan fingerprint density at radius 3 is 2.82 bits per heavy atom. The summed E-state index contributed by atoms with van der Waals surface area (Å²) in [6, 6.07) is 12.2. The molecule has 1 N–H and O–H groups in total. The van der Waals surface area contributed by atoms with Crippen molar-refractivity contribution in [3.8, 4) is 0 Å². The maximum atomic E-state index is 12.0. The Kier molecular flexibility index (Phi) is 5.57. The third-order valence-electron chi connectivity index (χ3n) is 3.46. The molecule has 4 nitrogen and oxygen atoms in total. The molecule has 116 valence electrons. The molecule has 0 atom stereocenters. The van der Waals surface area contributed by atoms with Gasteiger partial charge in [-0.05, 0) is 29.5 Å². The SMILES string of the molecule is CCc1ccccc1NC1=NCC(=O)N1Cc1cccs1.Cl. The van der Waals surface area contributed by atoms with E-state index >= 15 is 0 Å². The van der Waals surface area contributed by atoms with Crippen molar-refractivity contribution in [3.63, 3.8) is 0 Å². The van der Waals surface area contributed by atoms with Gasteiger partial charge in [-0.2, -0.15) is 0 Å². The summed E-state index contributed by atoms with van der Waals surface area (Å²) < 4.78 is 0. The summed E-state index contributed by atoms with van der Waals surface area (Å²) in [6.45, 7) is 2.92. The van der Waals surface area contributed by atoms with Crippen molar-refractivity contribution in [1.29, 1.82) is 0 Å². The number of guanidine groups is 1. The van der Waals surface area contributed by atoms with Crippen molar-refractivity contribution in [1.82, 2.24) is 4.90 Å². The zero-order valence-corrected chi connectivity index (χ0v) is 13.9. The number of rotatable bonds is 4. The number of nitrogens with one attached hydrogen (secondary N) is 1. The number of aryl methyl sites for hydroxylation is 1. The molecule has 0 saturated carbocycles. The van der Waals surface area contributed by atoms with E-state index in [1.54, 1.807) is 16.2 Å². The van der Waals surface area contributed by atoms with Crippen LogP contribution in [0.2, 0.25) is 0 Å². The molecule has 0 aliphatic carbocycles. The fourth-order valence-corrected chi connectivity index (χ4v) is 3.02. The van der Waals surface area contributed by atoms with Gasteiger partial charge in [-0.1, -0.05) is 31.2 Å². The largest absolute Gasteiger partial charge is 0.326 e. The van der Waals surface area contributed by atoms with E-state index in [2.05, 4.69) is 23.3 Å². The maximum Gasteiger partial charge on any atom is 0.251 e. The Morgan fingerprint density at radius 1 is 1.27 bits per heavy atom. The minimum absolute atomic E-state index is 0. The lowest BCUT2D eigenvalue weighted by Gasteiger charge is -2.20. The predicted molar refractivity (Wildman–Crippen MR) is 93.9 cm³/mol. The standard InChI is InChI=1S/C16H17N3OS.ClH/c1-2-12-6-3-4-8-14(12)18-16-17-10-15(20)19(16)11-13-7-5-9-21-13;/h3-9H,2,10-11H2,1H3,(H,17,18);1H. The molecule has 1 amide bonds. The van der Waals surface area contributed by atoms with Crippen LogP contribution >= 0.6 is 23.7 Å². The van der Waals surface area contributed by atoms with Crippen LogP contribution in [0.3, 0.4) is 0 Å². The summed E-state index contributed by atoms with van der Waals surface area (Å²) in [6.07, 6.45) is 0.940. The summed E-state index contributed by atoms with van der Waals surface area (Å²) in [5, 5.41) is 5.33. The predicted octanol–water partition coefficient (Wildman–Crippen LogP) is 3.54. The van der Waals surface area contributed by atoms with Crippen LogP contribution in [0.4, 0.5) is 5.69 Å². The maximum absolute atomic E-state index is 12.0. The highest BCUT2D eigenvalue weighted by Gasteiger charge is 2.26. The fraction of sp³-hybridized carbons (Fsp3) is 0.250. The molecule has 3 rings (SSSR count). The number of aliphatic imine (C=N–C) groups is 1. The molecule has 1 aliphatic heterocycles. The highest BCUT2D eigenvalue weighted by atomic mass is 35.5. The van der Waals surface area contributed by atoms with Crippen molar-refractivity contribution in [3.05, 3.63) is 52.2 Å². The average Bonchev–Trinajstić information content (AvgIpc) is 3.13. The van der Waals surface area contributed by atoms with Crippen LogP contribution in [0.5, 0.6) is 0 Å². The van der Waals surface area contributed by atoms with Crippen molar-refractivity contribution < 1.29 is 4.79 Å². The number of para-hydroxylation sites is 1. The molecule has 22 heavy (non-hydrogen) atoms. The zero-order chi connectivity index (χ0) is 14.7. The van der Waals surface area contributed by atoms with Crippen LogP contribution in [0.25, 0.3) is 0 Å². The first-order valence-electron chi connectivity index (χ1n) is 7.00. The number of thiophene rings is 1. The second-order valence-corrected chi connectivity index (χ2v) is 5.87. The number of amides is 1. The van der Waals surface area contributed by atoms with Crippen molar-refractivity contribution in [2.75, 3.05) is 11.9 Å². The first-order chi connectivity index (χ1) is 10.3. The van der Waals surface area contributed by atoms with E-state index in [4.69, 9.17) is 0 Å². The van der Waals surface area contributed by atoms with E-state index in [1.807, 2.05) is 35.7 Å². The minimum atomic E-state index is 0. The van der Waals surface area contributed by atoms with Crippen LogP contribution in [0.15, 0.2) is 46.8 Å². The van der Waals surface area contributed by atoms with Gasteiger partial charge in [0.2, 0.25) is 5.96 Å². The normalized spacial score (nSPS) is 13.8. The Hall–Kier alpha value is -1.85. The van der Waals surface area contributed by atoms with Crippen molar-refractivity contribution in [2.24, 2.45) is 4.99 Å². The summed E-state index contributed by atoms with van der Waals surface area (Å²) in [5.74, 6) is 0.689. The lowest BCUT2D eigenvalue weighted by Crippen LogP contribution is -2.36. The first-order valence-corrected chi connectivity index (χ1v) is 7.88. The van der Waals surface area contributed by atoms with E-state index in [0.717, 1.165) is 17.0 Å². The third kappa shape index (κ3) is 3.48. The van der Waals surface area contributed by atoms with Gasteiger partial charge in [0.25, 0.3) is 5.91 Å². The molecule has 2 heterocycles. The molecule has 0 spiro atoms. The second-order valence-electron chi connectivity index (χ2n) is 4.83. The average molecular weight is 336 g/mol. The number of carbonyl (C=O) groups is 1. The summed E-state index contributed by atoms with van der Waals surface area (Å²) >= 11 is 1.65. The Balaban J connectivity index is 0.00000176. The molecule has 1 aromatic heterocycles. The molecule has 0 unspecified atom stereocenters. The van der Waals surface area contributed by atoms with Crippen LogP contribution in [-0.4, -0.2) is 23.3 Å². The van der Waals surface area contributed by atoms with Crippen LogP contribution in [-0.2, 0) is 17.8 Å². The molecule has 6 heteroatoms. The molecule has 0 radical (unpaired) electrons. The highest BCUT2D eigenvalue weighted by molar-refractivity contribution is 7.09. The monoisotopic (exact) mass is 335 g/mol. The number of carbonyl (C=O) groups excluding carboxylic acids is 1. The molecule has 2 aromatic rings. The quantitative estimate of drug-likeness (QED) is 0.928. The molecule has 0 saturated heterocycles. The summed E-state index contributed by atoms with van der Waals surface area (Å²) in [7, 11) is 0. The number of hydrogen-bond acceptors (Lipinski definition) is 4. The number of anilines is 1.